The minimum Gasteiger partial charge on any atom is -0.493 e. The second-order valence-corrected chi connectivity index (χ2v) is 9.35. The van der Waals surface area contributed by atoms with Crippen molar-refractivity contribution in [2.45, 2.75) is 44.1 Å². The zero-order valence-corrected chi connectivity index (χ0v) is 18.7. The molecule has 0 bridgehead atoms. The lowest BCUT2D eigenvalue weighted by Crippen LogP contribution is -2.48. The third-order valence-electron chi connectivity index (χ3n) is 6.52. The molecule has 0 radical (unpaired) electrons. The van der Waals surface area contributed by atoms with Crippen LogP contribution < -0.4 is 4.74 Å². The van der Waals surface area contributed by atoms with Gasteiger partial charge >= 0.3 is 18.3 Å². The van der Waals surface area contributed by atoms with Crippen LogP contribution >= 0.6 is 0 Å². The first-order chi connectivity index (χ1) is 16.4. The molecule has 0 aromatic heterocycles. The van der Waals surface area contributed by atoms with Gasteiger partial charge in [-0.2, -0.15) is 26.3 Å². The quantitative estimate of drug-likeness (QED) is 0.416. The van der Waals surface area contributed by atoms with Crippen molar-refractivity contribution in [3.05, 3.63) is 64.7 Å². The van der Waals surface area contributed by atoms with Crippen LogP contribution in [0.1, 0.15) is 47.4 Å². The lowest BCUT2D eigenvalue weighted by atomic mass is 9.91. The molecule has 4 rings (SSSR count). The van der Waals surface area contributed by atoms with Gasteiger partial charge in [-0.1, -0.05) is 12.1 Å². The molecule has 10 heteroatoms. The highest BCUT2D eigenvalue weighted by Crippen LogP contribution is 2.45. The van der Waals surface area contributed by atoms with E-state index in [1.807, 2.05) is 12.1 Å². The highest BCUT2D eigenvalue weighted by molar-refractivity contribution is 5.68. The Morgan fingerprint density at radius 1 is 1.03 bits per heavy atom. The Morgan fingerprint density at radius 2 is 1.74 bits per heavy atom. The minimum atomic E-state index is -4.74. The van der Waals surface area contributed by atoms with Crippen LogP contribution in [-0.4, -0.2) is 35.7 Å². The molecular formula is C25H25F6NO3. The van der Waals surface area contributed by atoms with Gasteiger partial charge in [-0.25, -0.2) is 0 Å². The fraction of sp³-hybridized carbons (Fsp3) is 0.480. The van der Waals surface area contributed by atoms with Gasteiger partial charge in [0.2, 0.25) is 0 Å². The Bertz CT molecular complexity index is 1060. The summed E-state index contributed by atoms with van der Waals surface area (Å²) in [7, 11) is 0. The molecule has 1 aliphatic heterocycles. The van der Waals surface area contributed by atoms with Gasteiger partial charge in [-0.05, 0) is 66.1 Å². The number of alkyl halides is 6. The van der Waals surface area contributed by atoms with Crippen molar-refractivity contribution in [1.82, 2.24) is 4.90 Å². The second kappa shape index (κ2) is 9.72. The maximum absolute atomic E-state index is 13.3. The molecule has 1 N–H and O–H groups in total. The van der Waals surface area contributed by atoms with E-state index < -0.39 is 35.0 Å². The third-order valence-corrected chi connectivity index (χ3v) is 6.52. The number of carboxylic acid groups (broad SMARTS) is 1. The smallest absolute Gasteiger partial charge is 0.416 e. The number of benzene rings is 2. The molecule has 0 spiro atoms. The van der Waals surface area contributed by atoms with Crippen molar-refractivity contribution in [2.24, 2.45) is 11.8 Å². The zero-order chi connectivity index (χ0) is 25.4. The number of halogens is 6. The summed E-state index contributed by atoms with van der Waals surface area (Å²) >= 11 is 0. The van der Waals surface area contributed by atoms with Crippen molar-refractivity contribution in [3.63, 3.8) is 0 Å². The summed E-state index contributed by atoms with van der Waals surface area (Å²) in [6, 6.07) is 8.82. The fourth-order valence-electron chi connectivity index (χ4n) is 4.62. The molecule has 1 heterocycles. The fourth-order valence-corrected chi connectivity index (χ4v) is 4.62. The normalized spacial score (nSPS) is 18.2. The van der Waals surface area contributed by atoms with Gasteiger partial charge in [-0.15, -0.1) is 0 Å². The van der Waals surface area contributed by atoms with Gasteiger partial charge in [0, 0.05) is 25.6 Å². The minimum absolute atomic E-state index is 0.0250. The monoisotopic (exact) mass is 501 g/mol. The summed E-state index contributed by atoms with van der Waals surface area (Å²) < 4.78 is 84.7. The van der Waals surface area contributed by atoms with Crippen LogP contribution in [0.5, 0.6) is 5.75 Å². The SMILES string of the molecule is O=C(O)CC(c1cccc(OCC2CN(Cc3cc(C(F)(F)F)ccc3C(F)(F)F)C2)c1)C1CC1. The number of hydrogen-bond donors (Lipinski definition) is 1. The first-order valence-electron chi connectivity index (χ1n) is 11.3. The largest absolute Gasteiger partial charge is 0.493 e. The molecular weight excluding hydrogens is 476 g/mol. The summed E-state index contributed by atoms with van der Waals surface area (Å²) in [4.78, 5) is 12.9. The molecule has 4 nitrogen and oxygen atoms in total. The van der Waals surface area contributed by atoms with E-state index in [-0.39, 0.29) is 24.8 Å². The Balaban J connectivity index is 1.33. The number of carbonyl (C=O) groups is 1. The maximum atomic E-state index is 13.3. The molecule has 1 atom stereocenters. The van der Waals surface area contributed by atoms with E-state index in [1.54, 1.807) is 17.0 Å². The number of hydrogen-bond acceptors (Lipinski definition) is 3. The van der Waals surface area contributed by atoms with Gasteiger partial charge in [0.1, 0.15) is 5.75 Å². The molecule has 2 aliphatic rings. The van der Waals surface area contributed by atoms with Crippen molar-refractivity contribution < 1.29 is 41.0 Å². The van der Waals surface area contributed by atoms with E-state index in [1.165, 1.54) is 0 Å². The topological polar surface area (TPSA) is 49.8 Å². The molecule has 0 amide bonds. The van der Waals surface area contributed by atoms with Crippen molar-refractivity contribution >= 4 is 5.97 Å². The molecule has 35 heavy (non-hydrogen) atoms. The Kier molecular flexibility index (Phi) is 7.04. The van der Waals surface area contributed by atoms with Gasteiger partial charge < -0.3 is 9.84 Å². The predicted octanol–water partition coefficient (Wildman–Crippen LogP) is 6.20. The zero-order valence-electron chi connectivity index (χ0n) is 18.7. The van der Waals surface area contributed by atoms with Crippen LogP contribution in [0.3, 0.4) is 0 Å². The average molecular weight is 501 g/mol. The summed E-state index contributed by atoms with van der Waals surface area (Å²) in [5, 5.41) is 9.20. The standard InChI is InChI=1S/C25H25F6NO3/c26-24(27,28)19-6-7-22(25(29,30)31)18(8-19)13-32-11-15(12-32)14-35-20-3-1-2-17(9-20)21(10-23(33)34)16-4-5-16/h1-3,6-9,15-16,21H,4-5,10-14H2,(H,33,34). The van der Waals surface area contributed by atoms with E-state index >= 15 is 0 Å². The van der Waals surface area contributed by atoms with Crippen LogP contribution in [0.15, 0.2) is 42.5 Å². The lowest BCUT2D eigenvalue weighted by molar-refractivity contribution is -0.142. The van der Waals surface area contributed by atoms with Crippen LogP contribution in [0.25, 0.3) is 0 Å². The molecule has 2 aromatic rings. The number of likely N-dealkylation sites (tertiary alicyclic amines) is 1. The van der Waals surface area contributed by atoms with Gasteiger partial charge in [0.25, 0.3) is 0 Å². The number of rotatable bonds is 9. The number of ether oxygens (including phenoxy) is 1. The van der Waals surface area contributed by atoms with Crippen LogP contribution in [0.4, 0.5) is 26.3 Å². The molecule has 1 saturated heterocycles. The van der Waals surface area contributed by atoms with E-state index in [2.05, 4.69) is 0 Å². The van der Waals surface area contributed by atoms with Gasteiger partial charge in [0.15, 0.2) is 0 Å². The maximum Gasteiger partial charge on any atom is 0.416 e. The van der Waals surface area contributed by atoms with Crippen molar-refractivity contribution in [2.75, 3.05) is 19.7 Å². The number of aliphatic carboxylic acids is 1. The highest BCUT2D eigenvalue weighted by Gasteiger charge is 2.38. The predicted molar refractivity (Wildman–Crippen MR) is 115 cm³/mol. The summed E-state index contributed by atoms with van der Waals surface area (Å²) in [6.45, 7) is 0.874. The molecule has 1 aliphatic carbocycles. The van der Waals surface area contributed by atoms with E-state index in [9.17, 15) is 36.2 Å². The Hall–Kier alpha value is -2.75. The molecule has 1 saturated carbocycles. The van der Waals surface area contributed by atoms with Gasteiger partial charge in [-0.3, -0.25) is 9.69 Å². The molecule has 1 unspecified atom stereocenters. The molecule has 2 fully saturated rings. The Labute approximate surface area is 198 Å². The molecule has 2 aromatic carbocycles. The number of nitrogens with zero attached hydrogens (tertiary/aromatic N) is 1. The first kappa shape index (κ1) is 25.3. The number of carboxylic acids is 1. The lowest BCUT2D eigenvalue weighted by Gasteiger charge is -2.39. The first-order valence-corrected chi connectivity index (χ1v) is 11.3. The van der Waals surface area contributed by atoms with Crippen LogP contribution in [0, 0.1) is 11.8 Å². The summed E-state index contributed by atoms with van der Waals surface area (Å²) in [6.07, 6.45) is -7.40. The van der Waals surface area contributed by atoms with Crippen molar-refractivity contribution in [3.8, 4) is 5.75 Å². The van der Waals surface area contributed by atoms with Crippen molar-refractivity contribution in [1.29, 1.82) is 0 Å². The summed E-state index contributed by atoms with van der Waals surface area (Å²) in [5.74, 6) is 0.0630. The highest BCUT2D eigenvalue weighted by atomic mass is 19.4. The van der Waals surface area contributed by atoms with E-state index in [4.69, 9.17) is 4.74 Å². The average Bonchev–Trinajstić information content (AvgIpc) is 3.57. The second-order valence-electron chi connectivity index (χ2n) is 9.35. The van der Waals surface area contributed by atoms with E-state index in [0.717, 1.165) is 18.4 Å². The third kappa shape index (κ3) is 6.48. The van der Waals surface area contributed by atoms with Crippen LogP contribution in [0.2, 0.25) is 0 Å². The van der Waals surface area contributed by atoms with Gasteiger partial charge in [0.05, 0.1) is 24.2 Å². The van der Waals surface area contributed by atoms with Crippen LogP contribution in [-0.2, 0) is 23.7 Å². The summed E-state index contributed by atoms with van der Waals surface area (Å²) in [5.41, 5.74) is -1.66. The Morgan fingerprint density at radius 3 is 2.34 bits per heavy atom. The molecule has 190 valence electrons. The van der Waals surface area contributed by atoms with E-state index in [0.29, 0.717) is 49.6 Å².